The van der Waals surface area contributed by atoms with Gasteiger partial charge in [0.05, 0.1) is 0 Å². The van der Waals surface area contributed by atoms with Crippen molar-refractivity contribution in [3.05, 3.63) is 65.2 Å². The van der Waals surface area contributed by atoms with Crippen LogP contribution in [-0.2, 0) is 22.6 Å². The highest BCUT2D eigenvalue weighted by molar-refractivity contribution is 5.88. The number of rotatable bonds is 9. The molecule has 0 heterocycles. The average Bonchev–Trinajstić information content (AvgIpc) is 3.30. The van der Waals surface area contributed by atoms with Crippen molar-refractivity contribution in [2.75, 3.05) is 6.61 Å². The lowest BCUT2D eigenvalue weighted by Crippen LogP contribution is -2.50. The molecule has 1 atom stereocenters. The van der Waals surface area contributed by atoms with Crippen LogP contribution >= 0.6 is 0 Å². The van der Waals surface area contributed by atoms with Crippen LogP contribution in [0.3, 0.4) is 0 Å². The Morgan fingerprint density at radius 1 is 1.03 bits per heavy atom. The Morgan fingerprint density at radius 3 is 2.26 bits per heavy atom. The molecule has 1 fully saturated rings. The smallest absolute Gasteiger partial charge is 0.261 e. The maximum absolute atomic E-state index is 13.1. The molecule has 0 spiro atoms. The molecule has 31 heavy (non-hydrogen) atoms. The van der Waals surface area contributed by atoms with Crippen LogP contribution in [0, 0.1) is 6.92 Å². The number of amides is 2. The van der Waals surface area contributed by atoms with Crippen LogP contribution in [0.1, 0.15) is 56.2 Å². The molecule has 0 aromatic heterocycles. The van der Waals surface area contributed by atoms with Gasteiger partial charge in [-0.25, -0.2) is 0 Å². The van der Waals surface area contributed by atoms with Gasteiger partial charge >= 0.3 is 0 Å². The van der Waals surface area contributed by atoms with Gasteiger partial charge in [0, 0.05) is 12.6 Å². The third-order valence-corrected chi connectivity index (χ3v) is 6.04. The number of benzene rings is 2. The van der Waals surface area contributed by atoms with E-state index in [0.717, 1.165) is 43.2 Å². The lowest BCUT2D eigenvalue weighted by atomic mass is 10.1. The molecule has 5 heteroatoms. The molecular weight excluding hydrogens is 388 g/mol. The molecule has 1 N–H and O–H groups in total. The Morgan fingerprint density at radius 2 is 1.65 bits per heavy atom. The molecule has 0 unspecified atom stereocenters. The minimum atomic E-state index is -0.569. The van der Waals surface area contributed by atoms with E-state index in [2.05, 4.69) is 12.2 Å². The molecule has 3 rings (SSSR count). The van der Waals surface area contributed by atoms with E-state index in [4.69, 9.17) is 4.74 Å². The van der Waals surface area contributed by atoms with E-state index in [0.29, 0.717) is 12.3 Å². The SMILES string of the molecule is CCc1ccc(OCC(=O)N(Cc2ccc(C)cc2)[C@H](C)C(=O)NC2CCCC2)cc1. The lowest BCUT2D eigenvalue weighted by Gasteiger charge is -2.29. The summed E-state index contributed by atoms with van der Waals surface area (Å²) in [6.07, 6.45) is 5.28. The van der Waals surface area contributed by atoms with Crippen molar-refractivity contribution in [3.8, 4) is 5.75 Å². The minimum Gasteiger partial charge on any atom is -0.484 e. The normalized spacial score (nSPS) is 14.8. The van der Waals surface area contributed by atoms with Crippen molar-refractivity contribution in [3.63, 3.8) is 0 Å². The maximum Gasteiger partial charge on any atom is 0.261 e. The van der Waals surface area contributed by atoms with Crippen LogP contribution in [0.2, 0.25) is 0 Å². The predicted octanol–water partition coefficient (Wildman–Crippen LogP) is 4.41. The predicted molar refractivity (Wildman–Crippen MR) is 123 cm³/mol. The van der Waals surface area contributed by atoms with Gasteiger partial charge in [-0.1, -0.05) is 61.7 Å². The summed E-state index contributed by atoms with van der Waals surface area (Å²) in [5, 5.41) is 3.12. The summed E-state index contributed by atoms with van der Waals surface area (Å²) in [5.74, 6) is 0.359. The summed E-state index contributed by atoms with van der Waals surface area (Å²) in [5.41, 5.74) is 3.37. The van der Waals surface area contributed by atoms with Crippen LogP contribution in [0.25, 0.3) is 0 Å². The number of ether oxygens (including phenoxy) is 1. The van der Waals surface area contributed by atoms with Gasteiger partial charge in [-0.2, -0.15) is 0 Å². The molecule has 2 aromatic carbocycles. The maximum atomic E-state index is 13.1. The Bertz CT molecular complexity index is 855. The highest BCUT2D eigenvalue weighted by atomic mass is 16.5. The fourth-order valence-corrected chi connectivity index (χ4v) is 3.91. The van der Waals surface area contributed by atoms with E-state index in [-0.39, 0.29) is 24.5 Å². The van der Waals surface area contributed by atoms with Crippen LogP contribution in [0.5, 0.6) is 5.75 Å². The van der Waals surface area contributed by atoms with Crippen molar-refractivity contribution < 1.29 is 14.3 Å². The Kier molecular flexibility index (Phi) is 8.10. The zero-order valence-corrected chi connectivity index (χ0v) is 18.9. The van der Waals surface area contributed by atoms with Crippen molar-refractivity contribution in [1.29, 1.82) is 0 Å². The second-order valence-corrected chi connectivity index (χ2v) is 8.46. The van der Waals surface area contributed by atoms with E-state index >= 15 is 0 Å². The first-order valence-electron chi connectivity index (χ1n) is 11.3. The fourth-order valence-electron chi connectivity index (χ4n) is 3.91. The molecule has 0 bridgehead atoms. The molecule has 0 saturated heterocycles. The van der Waals surface area contributed by atoms with Crippen molar-refractivity contribution in [1.82, 2.24) is 10.2 Å². The van der Waals surface area contributed by atoms with Gasteiger partial charge in [0.15, 0.2) is 6.61 Å². The van der Waals surface area contributed by atoms with Gasteiger partial charge in [0.2, 0.25) is 5.91 Å². The molecule has 5 nitrogen and oxygen atoms in total. The Balaban J connectivity index is 1.68. The van der Waals surface area contributed by atoms with E-state index in [1.807, 2.05) is 55.5 Å². The number of hydrogen-bond donors (Lipinski definition) is 1. The average molecular weight is 423 g/mol. The first-order valence-corrected chi connectivity index (χ1v) is 11.3. The minimum absolute atomic E-state index is 0.0975. The van der Waals surface area contributed by atoms with Gasteiger partial charge in [-0.15, -0.1) is 0 Å². The van der Waals surface area contributed by atoms with E-state index in [1.54, 1.807) is 11.8 Å². The largest absolute Gasteiger partial charge is 0.484 e. The third kappa shape index (κ3) is 6.58. The zero-order chi connectivity index (χ0) is 22.2. The summed E-state index contributed by atoms with van der Waals surface area (Å²) in [6, 6.07) is 15.5. The second kappa shape index (κ2) is 11.0. The lowest BCUT2D eigenvalue weighted by molar-refractivity contribution is -0.142. The molecule has 0 radical (unpaired) electrons. The standard InChI is InChI=1S/C26H34N2O3/c1-4-21-13-15-24(16-14-21)31-18-25(29)28(17-22-11-9-19(2)10-12-22)20(3)26(30)27-23-7-5-6-8-23/h9-16,20,23H,4-8,17-18H2,1-3H3,(H,27,30)/t20-/m1/s1. The number of nitrogens with one attached hydrogen (secondary N) is 1. The summed E-state index contributed by atoms with van der Waals surface area (Å²) in [6.45, 7) is 6.20. The first-order chi connectivity index (χ1) is 15.0. The van der Waals surface area contributed by atoms with Crippen molar-refractivity contribution in [2.45, 2.75) is 71.5 Å². The van der Waals surface area contributed by atoms with Gasteiger partial charge < -0.3 is 15.0 Å². The topological polar surface area (TPSA) is 58.6 Å². The first kappa shape index (κ1) is 22.9. The molecular formula is C26H34N2O3. The molecule has 1 aliphatic rings. The monoisotopic (exact) mass is 422 g/mol. The number of nitrogens with zero attached hydrogens (tertiary/aromatic N) is 1. The van der Waals surface area contributed by atoms with Crippen LogP contribution in [0.15, 0.2) is 48.5 Å². The van der Waals surface area contributed by atoms with Crippen molar-refractivity contribution in [2.24, 2.45) is 0 Å². The van der Waals surface area contributed by atoms with Gasteiger partial charge in [-0.3, -0.25) is 9.59 Å². The fraction of sp³-hybridized carbons (Fsp3) is 0.462. The van der Waals surface area contributed by atoms with Crippen LogP contribution in [-0.4, -0.2) is 35.4 Å². The Hall–Kier alpha value is -2.82. The highest BCUT2D eigenvalue weighted by Gasteiger charge is 2.28. The van der Waals surface area contributed by atoms with E-state index in [9.17, 15) is 9.59 Å². The van der Waals surface area contributed by atoms with Gasteiger partial charge in [0.25, 0.3) is 5.91 Å². The molecule has 2 aromatic rings. The van der Waals surface area contributed by atoms with Crippen LogP contribution in [0.4, 0.5) is 0 Å². The molecule has 1 saturated carbocycles. The third-order valence-electron chi connectivity index (χ3n) is 6.04. The summed E-state index contributed by atoms with van der Waals surface area (Å²) in [4.78, 5) is 27.6. The zero-order valence-electron chi connectivity index (χ0n) is 18.9. The number of aryl methyl sites for hydroxylation is 2. The molecule has 1 aliphatic carbocycles. The summed E-state index contributed by atoms with van der Waals surface area (Å²) >= 11 is 0. The highest BCUT2D eigenvalue weighted by Crippen LogP contribution is 2.19. The number of carbonyl (C=O) groups is 2. The van der Waals surface area contributed by atoms with E-state index in [1.165, 1.54) is 5.56 Å². The Labute approximate surface area is 185 Å². The quantitative estimate of drug-likeness (QED) is 0.651. The van der Waals surface area contributed by atoms with Gasteiger partial charge in [-0.05, 0) is 56.4 Å². The molecule has 166 valence electrons. The second-order valence-electron chi connectivity index (χ2n) is 8.46. The van der Waals surface area contributed by atoms with Crippen LogP contribution < -0.4 is 10.1 Å². The van der Waals surface area contributed by atoms with E-state index < -0.39 is 6.04 Å². The van der Waals surface area contributed by atoms with Gasteiger partial charge in [0.1, 0.15) is 11.8 Å². The number of hydrogen-bond acceptors (Lipinski definition) is 3. The number of carbonyl (C=O) groups excluding carboxylic acids is 2. The summed E-state index contributed by atoms with van der Waals surface area (Å²) in [7, 11) is 0. The molecule has 0 aliphatic heterocycles. The van der Waals surface area contributed by atoms with Crippen molar-refractivity contribution >= 4 is 11.8 Å². The molecule has 2 amide bonds. The summed E-state index contributed by atoms with van der Waals surface area (Å²) < 4.78 is 5.75.